The van der Waals surface area contributed by atoms with Gasteiger partial charge in [0, 0.05) is 26.2 Å². The van der Waals surface area contributed by atoms with E-state index in [1.54, 1.807) is 0 Å². The fraction of sp³-hybridized carbons (Fsp3) is 0.889. The van der Waals surface area contributed by atoms with Crippen LogP contribution in [0.4, 0.5) is 0 Å². The molecule has 80 valence electrons. The molecule has 2 aliphatic rings. The van der Waals surface area contributed by atoms with Gasteiger partial charge in [-0.05, 0) is 18.6 Å². The average Bonchev–Trinajstić information content (AvgIpc) is 2.23. The first kappa shape index (κ1) is 10.1. The van der Waals surface area contributed by atoms with E-state index in [-0.39, 0.29) is 0 Å². The van der Waals surface area contributed by atoms with E-state index in [9.17, 15) is 0 Å². The van der Waals surface area contributed by atoms with Crippen LogP contribution in [-0.2, 0) is 4.74 Å². The number of ether oxygens (including phenoxy) is 1. The molecular weight excluding hydrogens is 198 g/mol. The van der Waals surface area contributed by atoms with Crippen molar-refractivity contribution in [3.8, 4) is 0 Å². The number of morpholine rings is 1. The van der Waals surface area contributed by atoms with E-state index in [4.69, 9.17) is 17.0 Å². The smallest absolute Gasteiger partial charge is 0.169 e. The molecule has 5 heteroatoms. The summed E-state index contributed by atoms with van der Waals surface area (Å²) in [4.78, 5) is 4.63. The van der Waals surface area contributed by atoms with Crippen LogP contribution in [0.2, 0.25) is 0 Å². The fourth-order valence-electron chi connectivity index (χ4n) is 1.80. The molecule has 2 rings (SSSR count). The molecule has 0 aromatic heterocycles. The summed E-state index contributed by atoms with van der Waals surface area (Å²) in [6.45, 7) is 6.83. The normalized spacial score (nSPS) is 24.9. The lowest BCUT2D eigenvalue weighted by molar-refractivity contribution is 0.0204. The second-order valence-corrected chi connectivity index (χ2v) is 4.11. The van der Waals surface area contributed by atoms with Gasteiger partial charge in [-0.2, -0.15) is 0 Å². The van der Waals surface area contributed by atoms with Crippen LogP contribution < -0.4 is 5.32 Å². The van der Waals surface area contributed by atoms with E-state index in [1.807, 2.05) is 0 Å². The SMILES string of the molecule is S=C1NCCCN1CN1CCOCC1. The van der Waals surface area contributed by atoms with Crippen molar-refractivity contribution in [2.24, 2.45) is 0 Å². The molecule has 0 bridgehead atoms. The van der Waals surface area contributed by atoms with Crippen LogP contribution in [0.1, 0.15) is 6.42 Å². The maximum absolute atomic E-state index is 5.31. The summed E-state index contributed by atoms with van der Waals surface area (Å²) in [7, 11) is 0. The Balaban J connectivity index is 1.79. The van der Waals surface area contributed by atoms with Gasteiger partial charge in [0.25, 0.3) is 0 Å². The zero-order chi connectivity index (χ0) is 9.80. The molecule has 2 aliphatic heterocycles. The molecule has 0 atom stereocenters. The quantitative estimate of drug-likeness (QED) is 0.647. The van der Waals surface area contributed by atoms with E-state index in [0.717, 1.165) is 51.2 Å². The molecule has 4 nitrogen and oxygen atoms in total. The van der Waals surface area contributed by atoms with Crippen LogP contribution in [0.25, 0.3) is 0 Å². The van der Waals surface area contributed by atoms with E-state index < -0.39 is 0 Å². The predicted molar refractivity (Wildman–Crippen MR) is 59.2 cm³/mol. The fourth-order valence-corrected chi connectivity index (χ4v) is 2.05. The molecule has 2 fully saturated rings. The summed E-state index contributed by atoms with van der Waals surface area (Å²) in [5.74, 6) is 0. The van der Waals surface area contributed by atoms with Crippen LogP contribution >= 0.6 is 12.2 Å². The number of rotatable bonds is 2. The molecule has 0 unspecified atom stereocenters. The molecule has 0 aromatic carbocycles. The summed E-state index contributed by atoms with van der Waals surface area (Å²) in [5, 5.41) is 4.13. The second-order valence-electron chi connectivity index (χ2n) is 3.72. The molecule has 0 amide bonds. The zero-order valence-electron chi connectivity index (χ0n) is 8.37. The maximum atomic E-state index is 5.31. The van der Waals surface area contributed by atoms with Crippen molar-refractivity contribution in [2.75, 3.05) is 46.1 Å². The van der Waals surface area contributed by atoms with E-state index in [1.165, 1.54) is 6.42 Å². The summed E-state index contributed by atoms with van der Waals surface area (Å²) in [5.41, 5.74) is 0. The number of hydrogen-bond acceptors (Lipinski definition) is 3. The minimum atomic E-state index is 0.855. The molecule has 2 saturated heterocycles. The summed E-state index contributed by atoms with van der Waals surface area (Å²) >= 11 is 5.25. The van der Waals surface area contributed by atoms with Crippen molar-refractivity contribution in [1.82, 2.24) is 15.1 Å². The lowest BCUT2D eigenvalue weighted by Gasteiger charge is -2.36. The van der Waals surface area contributed by atoms with Gasteiger partial charge in [-0.1, -0.05) is 0 Å². The molecule has 0 spiro atoms. The molecule has 0 aliphatic carbocycles. The van der Waals surface area contributed by atoms with Gasteiger partial charge in [0.2, 0.25) is 0 Å². The third-order valence-corrected chi connectivity index (χ3v) is 3.05. The van der Waals surface area contributed by atoms with Crippen LogP contribution in [0.5, 0.6) is 0 Å². The third-order valence-electron chi connectivity index (χ3n) is 2.64. The van der Waals surface area contributed by atoms with Gasteiger partial charge in [0.15, 0.2) is 5.11 Å². The van der Waals surface area contributed by atoms with Crippen LogP contribution in [-0.4, -0.2) is 61.0 Å². The number of nitrogens with zero attached hydrogens (tertiary/aromatic N) is 2. The molecular formula is C9H17N3OS. The van der Waals surface area contributed by atoms with Crippen LogP contribution in [0.3, 0.4) is 0 Å². The summed E-state index contributed by atoms with van der Waals surface area (Å²) in [6.07, 6.45) is 1.18. The molecule has 2 heterocycles. The predicted octanol–water partition coefficient (Wildman–Crippen LogP) is -0.144. The first-order valence-electron chi connectivity index (χ1n) is 5.19. The van der Waals surface area contributed by atoms with Crippen molar-refractivity contribution < 1.29 is 4.74 Å². The Morgan fingerprint density at radius 2 is 2.07 bits per heavy atom. The van der Waals surface area contributed by atoms with Gasteiger partial charge < -0.3 is 15.0 Å². The van der Waals surface area contributed by atoms with E-state index in [2.05, 4.69) is 15.1 Å². The summed E-state index contributed by atoms with van der Waals surface area (Å²) in [6, 6.07) is 0. The second kappa shape index (κ2) is 4.91. The topological polar surface area (TPSA) is 27.7 Å². The molecule has 14 heavy (non-hydrogen) atoms. The maximum Gasteiger partial charge on any atom is 0.169 e. The monoisotopic (exact) mass is 215 g/mol. The van der Waals surface area contributed by atoms with Crippen LogP contribution in [0.15, 0.2) is 0 Å². The van der Waals surface area contributed by atoms with Gasteiger partial charge in [-0.3, -0.25) is 4.90 Å². The Kier molecular flexibility index (Phi) is 3.55. The Hall–Kier alpha value is -0.390. The van der Waals surface area contributed by atoms with Gasteiger partial charge in [0.05, 0.1) is 19.9 Å². The first-order valence-corrected chi connectivity index (χ1v) is 5.60. The number of nitrogens with one attached hydrogen (secondary N) is 1. The van der Waals surface area contributed by atoms with E-state index in [0.29, 0.717) is 0 Å². The molecule has 1 N–H and O–H groups in total. The van der Waals surface area contributed by atoms with Crippen molar-refractivity contribution in [1.29, 1.82) is 0 Å². The lowest BCUT2D eigenvalue weighted by Crippen LogP contribution is -2.52. The highest BCUT2D eigenvalue weighted by Gasteiger charge is 2.18. The van der Waals surface area contributed by atoms with Crippen molar-refractivity contribution in [2.45, 2.75) is 6.42 Å². The van der Waals surface area contributed by atoms with Gasteiger partial charge in [-0.15, -0.1) is 0 Å². The lowest BCUT2D eigenvalue weighted by atomic mass is 10.3. The number of hydrogen-bond donors (Lipinski definition) is 1. The van der Waals surface area contributed by atoms with Gasteiger partial charge in [0.1, 0.15) is 0 Å². The Labute approximate surface area is 90.2 Å². The molecule has 0 saturated carbocycles. The summed E-state index contributed by atoms with van der Waals surface area (Å²) < 4.78 is 5.31. The van der Waals surface area contributed by atoms with E-state index >= 15 is 0 Å². The van der Waals surface area contributed by atoms with Gasteiger partial charge in [-0.25, -0.2) is 0 Å². The number of thiocarbonyl (C=S) groups is 1. The minimum absolute atomic E-state index is 0.855. The van der Waals surface area contributed by atoms with Gasteiger partial charge >= 0.3 is 0 Å². The average molecular weight is 215 g/mol. The van der Waals surface area contributed by atoms with Crippen molar-refractivity contribution in [3.05, 3.63) is 0 Å². The Bertz CT molecular complexity index is 206. The highest BCUT2D eigenvalue weighted by molar-refractivity contribution is 7.80. The molecule has 0 radical (unpaired) electrons. The largest absolute Gasteiger partial charge is 0.379 e. The minimum Gasteiger partial charge on any atom is -0.379 e. The first-order chi connectivity index (χ1) is 6.86. The van der Waals surface area contributed by atoms with Crippen LogP contribution in [0, 0.1) is 0 Å². The van der Waals surface area contributed by atoms with Crippen molar-refractivity contribution in [3.63, 3.8) is 0 Å². The Morgan fingerprint density at radius 3 is 2.79 bits per heavy atom. The third kappa shape index (κ3) is 2.56. The zero-order valence-corrected chi connectivity index (χ0v) is 9.18. The standard InChI is InChI=1S/C9H17N3OS/c14-9-10-2-1-3-12(9)8-11-4-6-13-7-5-11/h1-8H2,(H,10,14). The Morgan fingerprint density at radius 1 is 1.29 bits per heavy atom. The molecule has 0 aromatic rings. The van der Waals surface area contributed by atoms with Crippen molar-refractivity contribution >= 4 is 17.3 Å². The highest BCUT2D eigenvalue weighted by Crippen LogP contribution is 2.03. The highest BCUT2D eigenvalue weighted by atomic mass is 32.1.